The lowest BCUT2D eigenvalue weighted by Gasteiger charge is -2.03. The fraction of sp³-hybridized carbons (Fsp3) is 0.0714. The van der Waals surface area contributed by atoms with Crippen LogP contribution in [0.4, 0.5) is 0 Å². The Morgan fingerprint density at radius 3 is 2.25 bits per heavy atom. The fourth-order valence-corrected chi connectivity index (χ4v) is 2.41. The number of rotatable bonds is 4. The zero-order valence-corrected chi connectivity index (χ0v) is 12.3. The number of hydrazone groups is 1. The Morgan fingerprint density at radius 2 is 1.65 bits per heavy atom. The second kappa shape index (κ2) is 6.07. The van der Waals surface area contributed by atoms with Gasteiger partial charge in [0.25, 0.3) is 10.0 Å². The second-order valence-electron chi connectivity index (χ2n) is 4.22. The van der Waals surface area contributed by atoms with E-state index in [1.54, 1.807) is 36.4 Å². The van der Waals surface area contributed by atoms with E-state index in [0.29, 0.717) is 5.02 Å². The minimum absolute atomic E-state index is 0.177. The molecule has 6 heteroatoms. The summed E-state index contributed by atoms with van der Waals surface area (Å²) in [5.41, 5.74) is 1.75. The molecule has 0 aliphatic heterocycles. The summed E-state index contributed by atoms with van der Waals surface area (Å²) in [5, 5.41) is 4.35. The molecule has 0 heterocycles. The van der Waals surface area contributed by atoms with Gasteiger partial charge in [-0.3, -0.25) is 0 Å². The molecule has 0 saturated carbocycles. The summed E-state index contributed by atoms with van der Waals surface area (Å²) in [7, 11) is -3.63. The number of hydrogen-bond acceptors (Lipinski definition) is 3. The van der Waals surface area contributed by atoms with Crippen LogP contribution in [0.1, 0.15) is 11.1 Å². The summed E-state index contributed by atoms with van der Waals surface area (Å²) in [5.74, 6) is 0. The number of benzene rings is 2. The monoisotopic (exact) mass is 308 g/mol. The minimum atomic E-state index is -3.63. The quantitative estimate of drug-likeness (QED) is 0.697. The first-order chi connectivity index (χ1) is 9.47. The average Bonchev–Trinajstić information content (AvgIpc) is 2.41. The molecule has 104 valence electrons. The average molecular weight is 309 g/mol. The van der Waals surface area contributed by atoms with E-state index in [4.69, 9.17) is 11.6 Å². The van der Waals surface area contributed by atoms with Gasteiger partial charge in [-0.25, -0.2) is 4.83 Å². The van der Waals surface area contributed by atoms with E-state index in [9.17, 15) is 8.42 Å². The molecular formula is C14H13ClN2O2S. The van der Waals surface area contributed by atoms with Gasteiger partial charge in [0.1, 0.15) is 0 Å². The third kappa shape index (κ3) is 3.82. The molecule has 0 amide bonds. The lowest BCUT2D eigenvalue weighted by molar-refractivity contribution is 0.584. The zero-order valence-electron chi connectivity index (χ0n) is 10.7. The first kappa shape index (κ1) is 14.6. The second-order valence-corrected chi connectivity index (χ2v) is 6.31. The number of aryl methyl sites for hydroxylation is 1. The van der Waals surface area contributed by atoms with Gasteiger partial charge < -0.3 is 0 Å². The van der Waals surface area contributed by atoms with Crippen molar-refractivity contribution < 1.29 is 8.42 Å². The van der Waals surface area contributed by atoms with Crippen molar-refractivity contribution in [1.82, 2.24) is 4.83 Å². The molecule has 0 aliphatic rings. The molecule has 2 aromatic carbocycles. The van der Waals surface area contributed by atoms with Crippen LogP contribution < -0.4 is 4.83 Å². The van der Waals surface area contributed by atoms with Gasteiger partial charge in [0, 0.05) is 5.02 Å². The maximum Gasteiger partial charge on any atom is 0.276 e. The van der Waals surface area contributed by atoms with Gasteiger partial charge in [-0.05, 0) is 36.8 Å². The van der Waals surface area contributed by atoms with Crippen LogP contribution in [0.3, 0.4) is 0 Å². The highest BCUT2D eigenvalue weighted by molar-refractivity contribution is 7.89. The van der Waals surface area contributed by atoms with Crippen molar-refractivity contribution in [2.45, 2.75) is 11.8 Å². The van der Waals surface area contributed by atoms with Crippen LogP contribution in [0.5, 0.6) is 0 Å². The third-order valence-corrected chi connectivity index (χ3v) is 4.08. The van der Waals surface area contributed by atoms with Crippen molar-refractivity contribution in [1.29, 1.82) is 0 Å². The normalized spacial score (nSPS) is 11.7. The molecule has 0 aromatic heterocycles. The molecular weight excluding hydrogens is 296 g/mol. The van der Waals surface area contributed by atoms with Gasteiger partial charge in [0.05, 0.1) is 11.1 Å². The molecule has 0 fully saturated rings. The lowest BCUT2D eigenvalue weighted by atomic mass is 10.2. The van der Waals surface area contributed by atoms with Crippen molar-refractivity contribution in [2.75, 3.05) is 0 Å². The SMILES string of the molecule is Cc1ccc(S(=O)(=O)N/N=C\c2ccc(Cl)cc2)cc1. The molecule has 0 saturated heterocycles. The van der Waals surface area contributed by atoms with Crippen molar-refractivity contribution in [3.63, 3.8) is 0 Å². The van der Waals surface area contributed by atoms with Crippen LogP contribution in [0.25, 0.3) is 0 Å². The third-order valence-electron chi connectivity index (χ3n) is 2.59. The topological polar surface area (TPSA) is 58.5 Å². The smallest absolute Gasteiger partial charge is 0.200 e. The predicted octanol–water partition coefficient (Wildman–Crippen LogP) is 2.96. The number of nitrogens with one attached hydrogen (secondary N) is 1. The largest absolute Gasteiger partial charge is 0.276 e. The number of halogens is 1. The first-order valence-electron chi connectivity index (χ1n) is 5.84. The summed E-state index contributed by atoms with van der Waals surface area (Å²) in [4.78, 5) is 2.34. The van der Waals surface area contributed by atoms with Crippen LogP contribution in [0.2, 0.25) is 5.02 Å². The highest BCUT2D eigenvalue weighted by atomic mass is 35.5. The van der Waals surface area contributed by atoms with Crippen molar-refractivity contribution in [3.8, 4) is 0 Å². The predicted molar refractivity (Wildman–Crippen MR) is 80.5 cm³/mol. The molecule has 0 aliphatic carbocycles. The van der Waals surface area contributed by atoms with Gasteiger partial charge in [-0.1, -0.05) is 41.4 Å². The minimum Gasteiger partial charge on any atom is -0.200 e. The number of nitrogens with zero attached hydrogens (tertiary/aromatic N) is 1. The van der Waals surface area contributed by atoms with Crippen LogP contribution in [-0.2, 0) is 10.0 Å². The van der Waals surface area contributed by atoms with Crippen molar-refractivity contribution in [2.24, 2.45) is 5.10 Å². The van der Waals surface area contributed by atoms with Gasteiger partial charge in [0.15, 0.2) is 0 Å². The highest BCUT2D eigenvalue weighted by Crippen LogP contribution is 2.10. The van der Waals surface area contributed by atoms with E-state index in [1.807, 2.05) is 6.92 Å². The van der Waals surface area contributed by atoms with Crippen molar-refractivity contribution in [3.05, 3.63) is 64.7 Å². The van der Waals surface area contributed by atoms with Gasteiger partial charge >= 0.3 is 0 Å². The highest BCUT2D eigenvalue weighted by Gasteiger charge is 2.11. The van der Waals surface area contributed by atoms with Crippen molar-refractivity contribution >= 4 is 27.8 Å². The first-order valence-corrected chi connectivity index (χ1v) is 7.70. The molecule has 2 rings (SSSR count). The van der Waals surface area contributed by atoms with Crippen LogP contribution >= 0.6 is 11.6 Å². The number of sulfonamides is 1. The molecule has 2 aromatic rings. The maximum atomic E-state index is 11.9. The molecule has 1 N–H and O–H groups in total. The Morgan fingerprint density at radius 1 is 1.05 bits per heavy atom. The molecule has 0 bridgehead atoms. The molecule has 0 unspecified atom stereocenters. The number of hydrogen-bond donors (Lipinski definition) is 1. The Balaban J connectivity index is 2.09. The molecule has 20 heavy (non-hydrogen) atoms. The Labute approximate surface area is 123 Å². The van der Waals surface area contributed by atoms with Crippen LogP contribution in [-0.4, -0.2) is 14.6 Å². The maximum absolute atomic E-state index is 11.9. The summed E-state index contributed by atoms with van der Waals surface area (Å²) in [6.07, 6.45) is 1.42. The summed E-state index contributed by atoms with van der Waals surface area (Å²) in [6.45, 7) is 1.89. The van der Waals surface area contributed by atoms with Crippen LogP contribution in [0, 0.1) is 6.92 Å². The molecule has 0 atom stereocenters. The summed E-state index contributed by atoms with van der Waals surface area (Å²) in [6, 6.07) is 13.4. The zero-order chi connectivity index (χ0) is 14.6. The van der Waals surface area contributed by atoms with E-state index in [2.05, 4.69) is 9.93 Å². The Bertz CT molecular complexity index is 708. The molecule has 0 radical (unpaired) electrons. The van der Waals surface area contributed by atoms with E-state index >= 15 is 0 Å². The summed E-state index contributed by atoms with van der Waals surface area (Å²) < 4.78 is 23.9. The van der Waals surface area contributed by atoms with Gasteiger partial charge in [0.2, 0.25) is 0 Å². The fourth-order valence-electron chi connectivity index (χ4n) is 1.49. The molecule has 0 spiro atoms. The standard InChI is InChI=1S/C14H13ClN2O2S/c1-11-2-8-14(9-3-11)20(18,19)17-16-10-12-4-6-13(15)7-5-12/h2-10,17H,1H3/b16-10-. The summed E-state index contributed by atoms with van der Waals surface area (Å²) >= 11 is 5.76. The van der Waals surface area contributed by atoms with Gasteiger partial charge in [-0.15, -0.1) is 0 Å². The van der Waals surface area contributed by atoms with Crippen LogP contribution in [0.15, 0.2) is 58.5 Å². The molecule has 4 nitrogen and oxygen atoms in total. The van der Waals surface area contributed by atoms with E-state index in [-0.39, 0.29) is 4.90 Å². The van der Waals surface area contributed by atoms with E-state index in [0.717, 1.165) is 11.1 Å². The van der Waals surface area contributed by atoms with E-state index in [1.165, 1.54) is 18.3 Å². The van der Waals surface area contributed by atoms with E-state index < -0.39 is 10.0 Å². The lowest BCUT2D eigenvalue weighted by Crippen LogP contribution is -2.18. The van der Waals surface area contributed by atoms with Gasteiger partial charge in [-0.2, -0.15) is 13.5 Å². The Hall–Kier alpha value is -1.85. The Kier molecular flexibility index (Phi) is 4.42.